The maximum Gasteiger partial charge on any atom is 0.328 e. The molecule has 0 bridgehead atoms. The Labute approximate surface area is 156 Å². The van der Waals surface area contributed by atoms with Crippen LogP contribution in [0.3, 0.4) is 0 Å². The van der Waals surface area contributed by atoms with Crippen LogP contribution >= 0.6 is 23.2 Å². The average molecular weight is 378 g/mol. The van der Waals surface area contributed by atoms with Gasteiger partial charge in [0.25, 0.3) is 0 Å². The largest absolute Gasteiger partial charge is 0.467 e. The molecule has 0 saturated heterocycles. The highest BCUT2D eigenvalue weighted by atomic mass is 35.5. The van der Waals surface area contributed by atoms with E-state index in [0.717, 1.165) is 5.56 Å². The molecule has 0 aliphatic rings. The molecule has 0 heterocycles. The zero-order valence-corrected chi connectivity index (χ0v) is 15.1. The van der Waals surface area contributed by atoms with Gasteiger partial charge in [-0.15, -0.1) is 0 Å². The summed E-state index contributed by atoms with van der Waals surface area (Å²) in [6.07, 6.45) is 3.22. The van der Waals surface area contributed by atoms with Crippen LogP contribution in [0.15, 0.2) is 54.6 Å². The minimum absolute atomic E-state index is 0.342. The van der Waals surface area contributed by atoms with E-state index in [9.17, 15) is 9.59 Å². The fourth-order valence-corrected chi connectivity index (χ4v) is 2.68. The maximum atomic E-state index is 12.1. The van der Waals surface area contributed by atoms with E-state index in [2.05, 4.69) is 5.32 Å². The van der Waals surface area contributed by atoms with Gasteiger partial charge >= 0.3 is 5.97 Å². The lowest BCUT2D eigenvalue weighted by atomic mass is 10.1. The van der Waals surface area contributed by atoms with Crippen LogP contribution in [0.4, 0.5) is 0 Å². The second-order valence-corrected chi connectivity index (χ2v) is 6.12. The molecule has 0 aliphatic heterocycles. The number of halogens is 2. The first kappa shape index (κ1) is 19.0. The molecule has 0 unspecified atom stereocenters. The average Bonchev–Trinajstić information content (AvgIpc) is 2.60. The molecular weight excluding hydrogens is 361 g/mol. The van der Waals surface area contributed by atoms with Gasteiger partial charge in [0.15, 0.2) is 0 Å². The Morgan fingerprint density at radius 3 is 2.52 bits per heavy atom. The number of esters is 1. The van der Waals surface area contributed by atoms with E-state index in [1.54, 1.807) is 24.3 Å². The fraction of sp³-hybridized carbons (Fsp3) is 0.158. The third-order valence-corrected chi connectivity index (χ3v) is 4.02. The Morgan fingerprint density at radius 2 is 1.88 bits per heavy atom. The highest BCUT2D eigenvalue weighted by Gasteiger charge is 2.21. The number of carbonyl (C=O) groups is 2. The van der Waals surface area contributed by atoms with Crippen molar-refractivity contribution in [2.75, 3.05) is 7.11 Å². The smallest absolute Gasteiger partial charge is 0.328 e. The summed E-state index contributed by atoms with van der Waals surface area (Å²) in [4.78, 5) is 24.1. The second-order valence-electron chi connectivity index (χ2n) is 5.27. The number of amides is 1. The van der Waals surface area contributed by atoms with Crippen molar-refractivity contribution in [3.8, 4) is 0 Å². The molecule has 0 aliphatic carbocycles. The zero-order valence-electron chi connectivity index (χ0n) is 13.5. The number of hydrogen-bond acceptors (Lipinski definition) is 3. The van der Waals surface area contributed by atoms with E-state index in [0.29, 0.717) is 22.0 Å². The molecule has 0 fully saturated rings. The van der Waals surface area contributed by atoms with Gasteiger partial charge < -0.3 is 10.1 Å². The van der Waals surface area contributed by atoms with E-state index < -0.39 is 17.9 Å². The van der Waals surface area contributed by atoms with Crippen LogP contribution in [-0.2, 0) is 20.7 Å². The predicted octanol–water partition coefficient (Wildman–Crippen LogP) is 3.91. The maximum absolute atomic E-state index is 12.1. The molecule has 0 saturated carbocycles. The van der Waals surface area contributed by atoms with Crippen molar-refractivity contribution >= 4 is 41.2 Å². The Hall–Kier alpha value is -2.30. The Kier molecular flexibility index (Phi) is 7.04. The third kappa shape index (κ3) is 5.93. The first-order chi connectivity index (χ1) is 12.0. The van der Waals surface area contributed by atoms with Crippen molar-refractivity contribution < 1.29 is 14.3 Å². The summed E-state index contributed by atoms with van der Waals surface area (Å²) in [5.41, 5.74) is 1.57. The van der Waals surface area contributed by atoms with Crippen molar-refractivity contribution in [1.82, 2.24) is 5.32 Å². The molecule has 1 atom stereocenters. The Bertz CT molecular complexity index is 775. The molecule has 2 aromatic rings. The number of ether oxygens (including phenoxy) is 1. The van der Waals surface area contributed by atoms with Crippen LogP contribution < -0.4 is 5.32 Å². The van der Waals surface area contributed by atoms with Crippen molar-refractivity contribution in [2.45, 2.75) is 12.5 Å². The van der Waals surface area contributed by atoms with Gasteiger partial charge in [-0.2, -0.15) is 0 Å². The number of benzene rings is 2. The minimum Gasteiger partial charge on any atom is -0.467 e. The summed E-state index contributed by atoms with van der Waals surface area (Å²) in [5.74, 6) is -0.924. The molecule has 2 rings (SSSR count). The summed E-state index contributed by atoms with van der Waals surface area (Å²) in [6, 6.07) is 13.6. The van der Waals surface area contributed by atoms with Crippen LogP contribution in [-0.4, -0.2) is 25.0 Å². The number of methoxy groups -OCH3 is 1. The van der Waals surface area contributed by atoms with E-state index >= 15 is 0 Å². The molecule has 25 heavy (non-hydrogen) atoms. The van der Waals surface area contributed by atoms with Gasteiger partial charge in [0.05, 0.1) is 7.11 Å². The van der Waals surface area contributed by atoms with Gasteiger partial charge in [-0.05, 0) is 29.3 Å². The fourth-order valence-electron chi connectivity index (χ4n) is 2.21. The first-order valence-electron chi connectivity index (χ1n) is 7.55. The predicted molar refractivity (Wildman–Crippen MR) is 99.6 cm³/mol. The van der Waals surface area contributed by atoms with Gasteiger partial charge in [0, 0.05) is 22.5 Å². The summed E-state index contributed by atoms with van der Waals surface area (Å²) >= 11 is 11.9. The van der Waals surface area contributed by atoms with Gasteiger partial charge in [-0.1, -0.05) is 59.6 Å². The summed E-state index contributed by atoms with van der Waals surface area (Å²) in [5, 5.41) is 3.60. The number of rotatable bonds is 6. The molecule has 0 spiro atoms. The zero-order chi connectivity index (χ0) is 18.2. The van der Waals surface area contributed by atoms with Crippen molar-refractivity contribution in [2.24, 2.45) is 0 Å². The second kappa shape index (κ2) is 9.25. The number of hydrogen-bond donors (Lipinski definition) is 1. The lowest BCUT2D eigenvalue weighted by Gasteiger charge is -2.15. The normalized spacial score (nSPS) is 12.0. The quantitative estimate of drug-likeness (QED) is 0.613. The van der Waals surface area contributed by atoms with Crippen molar-refractivity contribution in [3.63, 3.8) is 0 Å². The van der Waals surface area contributed by atoms with Crippen LogP contribution in [0.5, 0.6) is 0 Å². The van der Waals surface area contributed by atoms with E-state index in [1.807, 2.05) is 30.3 Å². The highest BCUT2D eigenvalue weighted by molar-refractivity contribution is 6.35. The number of carbonyl (C=O) groups excluding carboxylic acids is 2. The molecule has 4 nitrogen and oxygen atoms in total. The first-order valence-corrected chi connectivity index (χ1v) is 8.30. The summed E-state index contributed by atoms with van der Waals surface area (Å²) < 4.78 is 4.77. The van der Waals surface area contributed by atoms with Gasteiger partial charge in [-0.3, -0.25) is 4.79 Å². The Balaban J connectivity index is 2.06. The van der Waals surface area contributed by atoms with Crippen LogP contribution in [0.1, 0.15) is 11.1 Å². The lowest BCUT2D eigenvalue weighted by Crippen LogP contribution is -2.42. The summed E-state index contributed by atoms with van der Waals surface area (Å²) in [7, 11) is 1.29. The van der Waals surface area contributed by atoms with Gasteiger partial charge in [0.1, 0.15) is 6.04 Å². The molecule has 6 heteroatoms. The van der Waals surface area contributed by atoms with E-state index in [-0.39, 0.29) is 0 Å². The van der Waals surface area contributed by atoms with Crippen LogP contribution in [0, 0.1) is 0 Å². The minimum atomic E-state index is -0.773. The highest BCUT2D eigenvalue weighted by Crippen LogP contribution is 2.21. The van der Waals surface area contributed by atoms with E-state index in [4.69, 9.17) is 27.9 Å². The molecule has 130 valence electrons. The van der Waals surface area contributed by atoms with E-state index in [1.165, 1.54) is 13.2 Å². The molecule has 1 amide bonds. The molecular formula is C19H17Cl2NO3. The number of nitrogens with one attached hydrogen (secondary N) is 1. The Morgan fingerprint density at radius 1 is 1.16 bits per heavy atom. The topological polar surface area (TPSA) is 55.4 Å². The SMILES string of the molecule is COC(=O)[C@@H](Cc1ccccc1)NC(=O)/C=C/c1ccc(Cl)cc1Cl. The van der Waals surface area contributed by atoms with Crippen LogP contribution in [0.2, 0.25) is 10.0 Å². The lowest BCUT2D eigenvalue weighted by molar-refractivity contribution is -0.144. The van der Waals surface area contributed by atoms with Gasteiger partial charge in [-0.25, -0.2) is 4.79 Å². The standard InChI is InChI=1S/C19H17Cl2NO3/c1-25-19(24)17(11-13-5-3-2-4-6-13)22-18(23)10-8-14-7-9-15(20)12-16(14)21/h2-10,12,17H,11H2,1H3,(H,22,23)/b10-8+/t17-/m1/s1. The monoisotopic (exact) mass is 377 g/mol. The molecule has 0 radical (unpaired) electrons. The summed E-state index contributed by atoms with van der Waals surface area (Å²) in [6.45, 7) is 0. The van der Waals surface area contributed by atoms with Crippen molar-refractivity contribution in [1.29, 1.82) is 0 Å². The molecule has 1 N–H and O–H groups in total. The molecule has 2 aromatic carbocycles. The third-order valence-electron chi connectivity index (χ3n) is 3.46. The molecule has 0 aromatic heterocycles. The van der Waals surface area contributed by atoms with Gasteiger partial charge in [0.2, 0.25) is 5.91 Å². The van der Waals surface area contributed by atoms with Crippen LogP contribution in [0.25, 0.3) is 6.08 Å². The van der Waals surface area contributed by atoms with Crippen molar-refractivity contribution in [3.05, 3.63) is 75.8 Å².